The molecule has 0 spiro atoms. The zero-order valence-electron chi connectivity index (χ0n) is 9.20. The van der Waals surface area contributed by atoms with Crippen molar-refractivity contribution in [2.75, 3.05) is 5.32 Å². The van der Waals surface area contributed by atoms with Crippen molar-refractivity contribution in [2.24, 2.45) is 5.92 Å². The van der Waals surface area contributed by atoms with Gasteiger partial charge in [-0.15, -0.1) is 0 Å². The Morgan fingerprint density at radius 3 is 2.88 bits per heavy atom. The number of nitrogens with one attached hydrogen (secondary N) is 1. The lowest BCUT2D eigenvalue weighted by atomic mass is 9.80. The third-order valence-electron chi connectivity index (χ3n) is 3.16. The number of anilines is 1. The highest BCUT2D eigenvalue weighted by molar-refractivity contribution is 6.29. The minimum Gasteiger partial charge on any atom is -0.367 e. The Hall–Kier alpha value is -1.27. The topological polar surface area (TPSA) is 48.7 Å². The summed E-state index contributed by atoms with van der Waals surface area (Å²) in [7, 11) is 0. The normalized spacial score (nSPS) is 17.3. The first-order valence-corrected chi connectivity index (χ1v) is 5.91. The summed E-state index contributed by atoms with van der Waals surface area (Å²) in [6, 6.07) is 5.78. The molecular formula is C12H14ClN3. The van der Waals surface area contributed by atoms with Crippen LogP contribution < -0.4 is 5.32 Å². The lowest BCUT2D eigenvalue weighted by Gasteiger charge is -2.32. The van der Waals surface area contributed by atoms with Crippen LogP contribution in [0.25, 0.3) is 0 Å². The van der Waals surface area contributed by atoms with Gasteiger partial charge in [0.15, 0.2) is 0 Å². The first-order chi connectivity index (χ1) is 7.69. The molecule has 3 nitrogen and oxygen atoms in total. The first-order valence-electron chi connectivity index (χ1n) is 5.53. The second-order valence-electron chi connectivity index (χ2n) is 4.30. The van der Waals surface area contributed by atoms with Crippen LogP contribution in [0.5, 0.6) is 0 Å². The molecule has 1 aliphatic carbocycles. The minimum atomic E-state index is 0.363. The molecule has 0 bridgehead atoms. The maximum atomic E-state index is 8.82. The molecule has 1 unspecified atom stereocenters. The van der Waals surface area contributed by atoms with Gasteiger partial charge in [-0.05, 0) is 37.8 Å². The summed E-state index contributed by atoms with van der Waals surface area (Å²) in [5.41, 5.74) is 0.545. The summed E-state index contributed by atoms with van der Waals surface area (Å²) < 4.78 is 0. The smallest absolute Gasteiger partial charge is 0.132 e. The Morgan fingerprint density at radius 1 is 1.56 bits per heavy atom. The molecule has 1 fully saturated rings. The zero-order valence-corrected chi connectivity index (χ0v) is 9.96. The third-order valence-corrected chi connectivity index (χ3v) is 3.35. The van der Waals surface area contributed by atoms with E-state index >= 15 is 0 Å². The molecule has 1 heterocycles. The largest absolute Gasteiger partial charge is 0.367 e. The SMILES string of the molecule is CC(Nc1cc(C#N)cc(Cl)n1)C1CCC1. The van der Waals surface area contributed by atoms with E-state index in [0.717, 1.165) is 5.92 Å². The molecule has 2 rings (SSSR count). The Bertz CT molecular complexity index is 421. The van der Waals surface area contributed by atoms with E-state index in [1.807, 2.05) is 0 Å². The average molecular weight is 236 g/mol. The summed E-state index contributed by atoms with van der Waals surface area (Å²) in [6.45, 7) is 2.15. The van der Waals surface area contributed by atoms with E-state index in [2.05, 4.69) is 23.3 Å². The molecule has 1 saturated carbocycles. The van der Waals surface area contributed by atoms with Crippen LogP contribution in [-0.4, -0.2) is 11.0 Å². The molecular weight excluding hydrogens is 222 g/mol. The standard InChI is InChI=1S/C12H14ClN3/c1-8(10-3-2-4-10)15-12-6-9(7-14)5-11(13)16-12/h5-6,8,10H,2-4H2,1H3,(H,15,16). The first kappa shape index (κ1) is 11.2. The summed E-state index contributed by atoms with van der Waals surface area (Å²) in [5, 5.41) is 12.5. The van der Waals surface area contributed by atoms with E-state index < -0.39 is 0 Å². The summed E-state index contributed by atoms with van der Waals surface area (Å²) >= 11 is 5.84. The van der Waals surface area contributed by atoms with Crippen LogP contribution in [0.2, 0.25) is 5.15 Å². The van der Waals surface area contributed by atoms with E-state index in [0.29, 0.717) is 22.6 Å². The quantitative estimate of drug-likeness (QED) is 0.819. The molecule has 0 aliphatic heterocycles. The fourth-order valence-corrected chi connectivity index (χ4v) is 2.13. The molecule has 0 saturated heterocycles. The van der Waals surface area contributed by atoms with Crippen LogP contribution in [-0.2, 0) is 0 Å². The molecule has 0 amide bonds. The van der Waals surface area contributed by atoms with Gasteiger partial charge < -0.3 is 5.32 Å². The summed E-state index contributed by atoms with van der Waals surface area (Å²) in [6.07, 6.45) is 3.88. The fourth-order valence-electron chi connectivity index (χ4n) is 1.93. The predicted octanol–water partition coefficient (Wildman–Crippen LogP) is 3.21. The maximum absolute atomic E-state index is 8.82. The van der Waals surface area contributed by atoms with Gasteiger partial charge >= 0.3 is 0 Å². The molecule has 1 aliphatic rings. The highest BCUT2D eigenvalue weighted by Gasteiger charge is 2.23. The number of halogens is 1. The van der Waals surface area contributed by atoms with Gasteiger partial charge in [-0.25, -0.2) is 4.98 Å². The number of nitrogens with zero attached hydrogens (tertiary/aromatic N) is 2. The van der Waals surface area contributed by atoms with E-state index in [9.17, 15) is 0 Å². The van der Waals surface area contributed by atoms with Gasteiger partial charge in [-0.3, -0.25) is 0 Å². The van der Waals surface area contributed by atoms with Gasteiger partial charge in [-0.1, -0.05) is 18.0 Å². The second-order valence-corrected chi connectivity index (χ2v) is 4.69. The Labute approximate surface area is 100 Å². The van der Waals surface area contributed by atoms with Gasteiger partial charge in [0.25, 0.3) is 0 Å². The zero-order chi connectivity index (χ0) is 11.5. The highest BCUT2D eigenvalue weighted by Crippen LogP contribution is 2.31. The van der Waals surface area contributed by atoms with Crippen molar-refractivity contribution in [3.63, 3.8) is 0 Å². The average Bonchev–Trinajstić information content (AvgIpc) is 2.13. The van der Waals surface area contributed by atoms with E-state index in [4.69, 9.17) is 16.9 Å². The predicted molar refractivity (Wildman–Crippen MR) is 64.4 cm³/mol. The lowest BCUT2D eigenvalue weighted by Crippen LogP contribution is -2.31. The van der Waals surface area contributed by atoms with Gasteiger partial charge in [0.1, 0.15) is 11.0 Å². The molecule has 1 aromatic heterocycles. The van der Waals surface area contributed by atoms with Crippen molar-refractivity contribution in [3.05, 3.63) is 22.8 Å². The van der Waals surface area contributed by atoms with E-state index in [-0.39, 0.29) is 0 Å². The minimum absolute atomic E-state index is 0.363. The fraction of sp³-hybridized carbons (Fsp3) is 0.500. The van der Waals surface area contributed by atoms with Gasteiger partial charge in [0, 0.05) is 6.04 Å². The Kier molecular flexibility index (Phi) is 3.31. The molecule has 16 heavy (non-hydrogen) atoms. The molecule has 4 heteroatoms. The van der Waals surface area contributed by atoms with Crippen LogP contribution in [0.3, 0.4) is 0 Å². The molecule has 0 aromatic carbocycles. The van der Waals surface area contributed by atoms with E-state index in [1.165, 1.54) is 19.3 Å². The van der Waals surface area contributed by atoms with Crippen molar-refractivity contribution in [1.82, 2.24) is 4.98 Å². The monoisotopic (exact) mass is 235 g/mol. The number of aromatic nitrogens is 1. The molecule has 84 valence electrons. The summed E-state index contributed by atoms with van der Waals surface area (Å²) in [5.74, 6) is 1.43. The van der Waals surface area contributed by atoms with Gasteiger partial charge in [-0.2, -0.15) is 5.26 Å². The van der Waals surface area contributed by atoms with Gasteiger partial charge in [0.2, 0.25) is 0 Å². The van der Waals surface area contributed by atoms with Crippen molar-refractivity contribution in [2.45, 2.75) is 32.2 Å². The number of hydrogen-bond donors (Lipinski definition) is 1. The Balaban J connectivity index is 2.08. The van der Waals surface area contributed by atoms with Crippen molar-refractivity contribution in [1.29, 1.82) is 5.26 Å². The van der Waals surface area contributed by atoms with Crippen LogP contribution in [0.1, 0.15) is 31.7 Å². The summed E-state index contributed by atoms with van der Waals surface area (Å²) in [4.78, 5) is 4.17. The van der Waals surface area contributed by atoms with E-state index in [1.54, 1.807) is 12.1 Å². The second kappa shape index (κ2) is 4.71. The molecule has 1 atom stereocenters. The van der Waals surface area contributed by atoms with Crippen LogP contribution in [0.4, 0.5) is 5.82 Å². The Morgan fingerprint density at radius 2 is 2.31 bits per heavy atom. The van der Waals surface area contributed by atoms with Gasteiger partial charge in [0.05, 0.1) is 11.6 Å². The molecule has 0 radical (unpaired) electrons. The lowest BCUT2D eigenvalue weighted by molar-refractivity contribution is 0.285. The van der Waals surface area contributed by atoms with Crippen molar-refractivity contribution in [3.8, 4) is 6.07 Å². The number of pyridine rings is 1. The molecule has 1 N–H and O–H groups in total. The third kappa shape index (κ3) is 2.45. The number of nitriles is 1. The number of hydrogen-bond acceptors (Lipinski definition) is 3. The van der Waals surface area contributed by atoms with Crippen molar-refractivity contribution < 1.29 is 0 Å². The van der Waals surface area contributed by atoms with Crippen LogP contribution >= 0.6 is 11.6 Å². The maximum Gasteiger partial charge on any atom is 0.132 e. The van der Waals surface area contributed by atoms with Crippen LogP contribution in [0.15, 0.2) is 12.1 Å². The highest BCUT2D eigenvalue weighted by atomic mass is 35.5. The van der Waals surface area contributed by atoms with Crippen molar-refractivity contribution >= 4 is 17.4 Å². The van der Waals surface area contributed by atoms with Crippen LogP contribution in [0, 0.1) is 17.2 Å². The molecule has 1 aromatic rings. The number of rotatable bonds is 3.